The van der Waals surface area contributed by atoms with E-state index in [0.29, 0.717) is 12.8 Å². The Kier molecular flexibility index (Phi) is 55.7. The van der Waals surface area contributed by atoms with Crippen LogP contribution in [0.1, 0.15) is 258 Å². The first-order chi connectivity index (χ1) is 26.3. The minimum absolute atomic E-state index is 0. The Morgan fingerprint density at radius 2 is 0.393 bits per heavy atom. The van der Waals surface area contributed by atoms with Crippen LogP contribution in [0.5, 0.6) is 0 Å². The van der Waals surface area contributed by atoms with Gasteiger partial charge in [-0.25, -0.2) is 0 Å². The van der Waals surface area contributed by atoms with Crippen LogP contribution in [0, 0.1) is 0 Å². The number of unbranched alkanes of at least 4 members (excludes halogenated alkanes) is 35. The van der Waals surface area contributed by atoms with Gasteiger partial charge >= 0.3 is 59.1 Å². The number of hydrogen-bond acceptors (Lipinski definition) is 8. The summed E-state index contributed by atoms with van der Waals surface area (Å²) in [6.07, 6.45) is 45.8. The summed E-state index contributed by atoms with van der Waals surface area (Å²) in [5.74, 6) is 0. The first kappa shape index (κ1) is 62.5. The first-order valence-electron chi connectivity index (χ1n) is 23.5. The molecule has 0 aliphatic rings. The van der Waals surface area contributed by atoms with Gasteiger partial charge in [0.15, 0.2) is 0 Å². The van der Waals surface area contributed by atoms with Gasteiger partial charge in [0.05, 0.1) is 26.4 Å². The topological polar surface area (TPSA) is 117 Å². The zero-order valence-corrected chi connectivity index (χ0v) is 43.6. The van der Waals surface area contributed by atoms with Gasteiger partial charge in [-0.15, -0.1) is 0 Å². The van der Waals surface area contributed by atoms with Gasteiger partial charge in [-0.2, -0.15) is 0 Å². The zero-order valence-electron chi connectivity index (χ0n) is 37.9. The molecule has 0 rings (SSSR count). The van der Waals surface area contributed by atoms with Gasteiger partial charge in [-0.3, -0.25) is 9.13 Å². The van der Waals surface area contributed by atoms with Crippen LogP contribution < -0.4 is 68.9 Å². The fourth-order valence-electron chi connectivity index (χ4n) is 6.99. The maximum absolute atomic E-state index is 12.0. The molecule has 0 saturated heterocycles. The average Bonchev–Trinajstić information content (AvgIpc) is 3.14. The summed E-state index contributed by atoms with van der Waals surface area (Å²) < 4.78 is 44.1. The molecule has 56 heavy (non-hydrogen) atoms. The van der Waals surface area contributed by atoms with Crippen molar-refractivity contribution in [2.45, 2.75) is 258 Å². The van der Waals surface area contributed by atoms with E-state index in [1.807, 2.05) is 0 Å². The van der Waals surface area contributed by atoms with Crippen LogP contribution in [0.2, 0.25) is 0 Å². The predicted molar refractivity (Wildman–Crippen MR) is 226 cm³/mol. The molecule has 0 saturated carbocycles. The number of phosphoric ester groups is 2. The third-order valence-corrected chi connectivity index (χ3v) is 12.5. The molecule has 0 amide bonds. The van der Waals surface area contributed by atoms with Crippen LogP contribution >= 0.6 is 15.6 Å². The second kappa shape index (κ2) is 49.9. The predicted octanol–water partition coefficient (Wildman–Crippen LogP) is 8.86. The maximum atomic E-state index is 12.0. The largest absolute Gasteiger partial charge is 1.00 e. The Morgan fingerprint density at radius 3 is 0.536 bits per heavy atom. The van der Waals surface area contributed by atoms with Crippen molar-refractivity contribution in [3.8, 4) is 0 Å². The minimum Gasteiger partial charge on any atom is -0.756 e. The van der Waals surface area contributed by atoms with Crippen LogP contribution in [0.25, 0.3) is 0 Å². The fourth-order valence-corrected chi connectivity index (χ4v) is 8.55. The normalized spacial score (nSPS) is 13.6. The van der Waals surface area contributed by atoms with E-state index in [2.05, 4.69) is 13.8 Å². The Morgan fingerprint density at radius 1 is 0.268 bits per heavy atom. The van der Waals surface area contributed by atoms with E-state index in [9.17, 15) is 18.9 Å². The SMILES string of the molecule is CCCCCCCCCCCCCCCCCCOP(=O)([O-])OCCCCCCCCOP(=O)([O-])OCCCCCCCCCCCCCCCCCC.[Na+].[Na+]. The molecular weight excluding hydrogens is 764 g/mol. The van der Waals surface area contributed by atoms with Gasteiger partial charge in [-0.05, 0) is 25.7 Å². The molecule has 0 radical (unpaired) electrons. The smallest absolute Gasteiger partial charge is 0.756 e. The van der Waals surface area contributed by atoms with Gasteiger partial charge in [0.25, 0.3) is 15.6 Å². The summed E-state index contributed by atoms with van der Waals surface area (Å²) >= 11 is 0. The summed E-state index contributed by atoms with van der Waals surface area (Å²) in [5, 5.41) is 0. The van der Waals surface area contributed by atoms with E-state index in [4.69, 9.17) is 18.1 Å². The molecule has 0 fully saturated rings. The first-order valence-corrected chi connectivity index (χ1v) is 26.5. The molecule has 0 heterocycles. The van der Waals surface area contributed by atoms with Crippen LogP contribution in [-0.4, -0.2) is 26.4 Å². The van der Waals surface area contributed by atoms with Gasteiger partial charge in [-0.1, -0.05) is 232 Å². The van der Waals surface area contributed by atoms with E-state index in [-0.39, 0.29) is 85.5 Å². The summed E-state index contributed by atoms with van der Waals surface area (Å²) in [7, 11) is -8.46. The molecule has 2 atom stereocenters. The van der Waals surface area contributed by atoms with Crippen molar-refractivity contribution in [1.82, 2.24) is 0 Å². The third kappa shape index (κ3) is 52.4. The molecule has 12 heteroatoms. The van der Waals surface area contributed by atoms with Gasteiger partial charge in [0.1, 0.15) is 0 Å². The molecule has 326 valence electrons. The molecule has 8 nitrogen and oxygen atoms in total. The monoisotopic (exact) mass is 855 g/mol. The Bertz CT molecular complexity index is 777. The number of phosphoric acid groups is 2. The molecule has 0 aromatic carbocycles. The van der Waals surface area contributed by atoms with Crippen LogP contribution in [0.15, 0.2) is 0 Å². The van der Waals surface area contributed by atoms with Crippen molar-refractivity contribution in [3.05, 3.63) is 0 Å². The number of hydrogen-bond donors (Lipinski definition) is 0. The molecule has 0 N–H and O–H groups in total. The quantitative estimate of drug-likeness (QED) is 0.0339. The van der Waals surface area contributed by atoms with Crippen molar-refractivity contribution in [1.29, 1.82) is 0 Å². The Hall–Kier alpha value is 2.22. The third-order valence-electron chi connectivity index (χ3n) is 10.5. The van der Waals surface area contributed by atoms with Crippen molar-refractivity contribution < 1.29 is 96.1 Å². The minimum atomic E-state index is -4.23. The molecule has 0 aromatic rings. The standard InChI is InChI=1S/C44H92O8P2.2Na/c1-3-5-7-9-11-13-15-17-19-21-23-25-27-29-33-37-41-49-53(45,46)51-43-39-35-31-32-36-40-44-52-54(47,48)50-42-38-34-30-28-26-24-22-20-18-16-14-12-10-8-6-4-2;;/h3-44H2,1-2H3,(H,45,46)(H,47,48);;/q;2*+1/p-2. The van der Waals surface area contributed by atoms with E-state index < -0.39 is 15.6 Å². The maximum Gasteiger partial charge on any atom is 1.00 e. The van der Waals surface area contributed by atoms with Gasteiger partial charge in [0, 0.05) is 0 Å². The van der Waals surface area contributed by atoms with Crippen molar-refractivity contribution in [3.63, 3.8) is 0 Å². The van der Waals surface area contributed by atoms with E-state index in [0.717, 1.165) is 64.2 Å². The average molecular weight is 855 g/mol. The van der Waals surface area contributed by atoms with Crippen LogP contribution in [0.4, 0.5) is 0 Å². The molecule has 0 bridgehead atoms. The fraction of sp³-hybridized carbons (Fsp3) is 1.00. The molecule has 2 unspecified atom stereocenters. The molecular formula is C44H90Na2O8P2. The number of rotatable bonds is 47. The summed E-state index contributed by atoms with van der Waals surface area (Å²) in [6, 6.07) is 0. The molecule has 0 aliphatic heterocycles. The Balaban J connectivity index is -0.0000140. The van der Waals surface area contributed by atoms with Gasteiger partial charge in [0.2, 0.25) is 0 Å². The molecule has 0 aliphatic carbocycles. The summed E-state index contributed by atoms with van der Waals surface area (Å²) in [5.41, 5.74) is 0. The van der Waals surface area contributed by atoms with E-state index in [1.54, 1.807) is 0 Å². The summed E-state index contributed by atoms with van der Waals surface area (Å²) in [4.78, 5) is 24.0. The second-order valence-corrected chi connectivity index (χ2v) is 18.8. The van der Waals surface area contributed by atoms with Crippen LogP contribution in [-0.2, 0) is 27.2 Å². The van der Waals surface area contributed by atoms with Crippen molar-refractivity contribution >= 4 is 15.6 Å². The summed E-state index contributed by atoms with van der Waals surface area (Å²) in [6.45, 7) is 5.21. The second-order valence-electron chi connectivity index (χ2n) is 16.0. The van der Waals surface area contributed by atoms with Crippen LogP contribution in [0.3, 0.4) is 0 Å². The van der Waals surface area contributed by atoms with Crippen molar-refractivity contribution in [2.75, 3.05) is 26.4 Å². The zero-order chi connectivity index (χ0) is 39.5. The Labute approximate surface area is 392 Å². The molecule has 0 spiro atoms. The molecule has 0 aromatic heterocycles. The van der Waals surface area contributed by atoms with E-state index >= 15 is 0 Å². The van der Waals surface area contributed by atoms with Gasteiger partial charge < -0.3 is 27.9 Å². The van der Waals surface area contributed by atoms with E-state index in [1.165, 1.54) is 167 Å². The van der Waals surface area contributed by atoms with Crippen molar-refractivity contribution in [2.24, 2.45) is 0 Å².